The molecule has 0 aliphatic rings. The van der Waals surface area contributed by atoms with E-state index in [1.165, 1.54) is 12.1 Å². The number of aromatic hydroxyl groups is 1. The molecule has 0 spiro atoms. The number of carbonyl (C=O) groups excluding carboxylic acids is 2. The zero-order valence-electron chi connectivity index (χ0n) is 15.6. The number of rotatable bonds is 10. The van der Waals surface area contributed by atoms with Crippen molar-refractivity contribution in [3.05, 3.63) is 29.8 Å². The minimum Gasteiger partial charge on any atom is -0.508 e. The van der Waals surface area contributed by atoms with Crippen LogP contribution in [-0.2, 0) is 20.8 Å². The van der Waals surface area contributed by atoms with Crippen LogP contribution in [0, 0.1) is 0 Å². The summed E-state index contributed by atoms with van der Waals surface area (Å²) in [5.41, 5.74) is 0.625. The van der Waals surface area contributed by atoms with Crippen LogP contribution in [0.4, 0.5) is 4.79 Å². The highest BCUT2D eigenvalue weighted by atomic mass is 16.4. The maximum atomic E-state index is 12.6. The van der Waals surface area contributed by atoms with Gasteiger partial charge in [0.2, 0.25) is 5.91 Å². The molecule has 0 fully saturated rings. The number of aliphatic carboxylic acids is 2. The number of phenols is 1. The van der Waals surface area contributed by atoms with Crippen LogP contribution >= 0.6 is 0 Å². The molecule has 3 amide bonds. The Morgan fingerprint density at radius 2 is 1.54 bits per heavy atom. The van der Waals surface area contributed by atoms with E-state index in [0.29, 0.717) is 5.56 Å². The highest BCUT2D eigenvalue weighted by Gasteiger charge is 2.27. The lowest BCUT2D eigenvalue weighted by Crippen LogP contribution is -2.55. The van der Waals surface area contributed by atoms with E-state index in [0.717, 1.165) is 0 Å². The number of phenolic OH excluding ortho intramolecular Hbond substituents is 1. The van der Waals surface area contributed by atoms with Gasteiger partial charge in [0.25, 0.3) is 0 Å². The molecule has 0 saturated carbocycles. The van der Waals surface area contributed by atoms with Crippen molar-refractivity contribution in [2.75, 3.05) is 0 Å². The molecule has 6 N–H and O–H groups in total. The Kier molecular flexibility index (Phi) is 8.73. The summed E-state index contributed by atoms with van der Waals surface area (Å²) in [6.45, 7) is 3.47. The molecular weight excluding hydrogens is 370 g/mol. The van der Waals surface area contributed by atoms with Crippen molar-refractivity contribution in [3.63, 3.8) is 0 Å². The Hall–Kier alpha value is -3.30. The molecule has 1 aromatic rings. The smallest absolute Gasteiger partial charge is 0.326 e. The van der Waals surface area contributed by atoms with E-state index in [1.54, 1.807) is 26.0 Å². The first kappa shape index (κ1) is 22.7. The number of nitrogens with one attached hydrogen (secondary N) is 3. The number of carboxylic acids is 2. The van der Waals surface area contributed by atoms with Gasteiger partial charge in [-0.3, -0.25) is 9.59 Å². The van der Waals surface area contributed by atoms with Gasteiger partial charge in [-0.1, -0.05) is 12.1 Å². The van der Waals surface area contributed by atoms with Gasteiger partial charge in [0.15, 0.2) is 0 Å². The van der Waals surface area contributed by atoms with Crippen LogP contribution in [0.5, 0.6) is 5.75 Å². The van der Waals surface area contributed by atoms with Gasteiger partial charge in [-0.15, -0.1) is 0 Å². The molecule has 1 aromatic carbocycles. The highest BCUT2D eigenvalue weighted by Crippen LogP contribution is 2.12. The van der Waals surface area contributed by atoms with Crippen molar-refractivity contribution in [2.24, 2.45) is 0 Å². The van der Waals surface area contributed by atoms with Gasteiger partial charge in [0.05, 0.1) is 0 Å². The van der Waals surface area contributed by atoms with E-state index in [-0.39, 0.29) is 24.6 Å². The van der Waals surface area contributed by atoms with Crippen LogP contribution in [-0.4, -0.2) is 57.3 Å². The number of amides is 3. The number of hydrogen-bond acceptors (Lipinski definition) is 5. The molecule has 0 aromatic heterocycles. The Morgan fingerprint density at radius 3 is 2.04 bits per heavy atom. The Bertz CT molecular complexity index is 704. The summed E-state index contributed by atoms with van der Waals surface area (Å²) in [4.78, 5) is 46.6. The average Bonchev–Trinajstić information content (AvgIpc) is 2.58. The lowest BCUT2D eigenvalue weighted by atomic mass is 10.0. The highest BCUT2D eigenvalue weighted by molar-refractivity contribution is 5.90. The Morgan fingerprint density at radius 1 is 0.929 bits per heavy atom. The van der Waals surface area contributed by atoms with Gasteiger partial charge in [-0.25, -0.2) is 9.59 Å². The second-order valence-electron chi connectivity index (χ2n) is 6.53. The predicted molar refractivity (Wildman–Crippen MR) is 98.8 cm³/mol. The number of carbonyl (C=O) groups is 4. The topological polar surface area (TPSA) is 165 Å². The molecule has 1 rings (SSSR count). The third-order valence-corrected chi connectivity index (χ3v) is 3.68. The molecule has 154 valence electrons. The van der Waals surface area contributed by atoms with Crippen LogP contribution in [0.1, 0.15) is 32.3 Å². The van der Waals surface area contributed by atoms with Crippen molar-refractivity contribution in [1.82, 2.24) is 16.0 Å². The summed E-state index contributed by atoms with van der Waals surface area (Å²) in [6.07, 6.45) is -0.676. The molecule has 0 unspecified atom stereocenters. The maximum Gasteiger partial charge on any atom is 0.326 e. The molecule has 0 radical (unpaired) electrons. The summed E-state index contributed by atoms with van der Waals surface area (Å²) in [7, 11) is 0. The summed E-state index contributed by atoms with van der Waals surface area (Å²) >= 11 is 0. The van der Waals surface area contributed by atoms with Gasteiger partial charge in [0.1, 0.15) is 17.8 Å². The quantitative estimate of drug-likeness (QED) is 0.334. The largest absolute Gasteiger partial charge is 0.508 e. The van der Waals surface area contributed by atoms with Crippen LogP contribution < -0.4 is 16.0 Å². The number of carboxylic acid groups (broad SMARTS) is 2. The fourth-order valence-electron chi connectivity index (χ4n) is 2.34. The fourth-order valence-corrected chi connectivity index (χ4v) is 2.34. The molecule has 10 nitrogen and oxygen atoms in total. The van der Waals surface area contributed by atoms with E-state index in [9.17, 15) is 29.4 Å². The molecule has 0 saturated heterocycles. The lowest BCUT2D eigenvalue weighted by Gasteiger charge is -2.22. The SMILES string of the molecule is CC(C)NC(=O)N[C@@H](Cc1ccc(O)cc1)C(=O)N[C@@H](CCC(=O)O)C(=O)O. The number of hydrogen-bond donors (Lipinski definition) is 6. The lowest BCUT2D eigenvalue weighted by molar-refractivity contribution is -0.143. The average molecular weight is 395 g/mol. The van der Waals surface area contributed by atoms with Crippen molar-refractivity contribution in [2.45, 2.75) is 51.2 Å². The Balaban J connectivity index is 2.91. The molecule has 0 aliphatic heterocycles. The number of benzene rings is 1. The normalized spacial score (nSPS) is 12.7. The molecule has 10 heteroatoms. The molecule has 0 bridgehead atoms. The Labute approximate surface area is 161 Å². The molecule has 28 heavy (non-hydrogen) atoms. The first-order valence-corrected chi connectivity index (χ1v) is 8.68. The predicted octanol–water partition coefficient (Wildman–Crippen LogP) is 0.445. The third kappa shape index (κ3) is 8.39. The second kappa shape index (κ2) is 10.8. The summed E-state index contributed by atoms with van der Waals surface area (Å²) < 4.78 is 0. The summed E-state index contributed by atoms with van der Waals surface area (Å²) in [5.74, 6) is -3.28. The van der Waals surface area contributed by atoms with E-state index >= 15 is 0 Å². The minimum atomic E-state index is -1.40. The van der Waals surface area contributed by atoms with Gasteiger partial charge in [-0.05, 0) is 38.0 Å². The van der Waals surface area contributed by atoms with Gasteiger partial charge < -0.3 is 31.3 Å². The zero-order valence-corrected chi connectivity index (χ0v) is 15.6. The summed E-state index contributed by atoms with van der Waals surface area (Å²) in [6, 6.07) is 2.69. The van der Waals surface area contributed by atoms with Gasteiger partial charge >= 0.3 is 18.0 Å². The van der Waals surface area contributed by atoms with Gasteiger partial charge in [0, 0.05) is 18.9 Å². The van der Waals surface area contributed by atoms with Crippen molar-refractivity contribution in [1.29, 1.82) is 0 Å². The standard InChI is InChI=1S/C18H25N3O7/c1-10(2)19-18(28)21-14(9-11-3-5-12(22)6-4-11)16(25)20-13(17(26)27)7-8-15(23)24/h3-6,10,13-14,22H,7-9H2,1-2H3,(H,20,25)(H,23,24)(H,26,27)(H2,19,21,28)/t13-,14-/m0/s1. The monoisotopic (exact) mass is 395 g/mol. The van der Waals surface area contributed by atoms with E-state index in [1.807, 2.05) is 0 Å². The van der Waals surface area contributed by atoms with E-state index in [4.69, 9.17) is 5.11 Å². The fraction of sp³-hybridized carbons (Fsp3) is 0.444. The zero-order chi connectivity index (χ0) is 21.3. The first-order valence-electron chi connectivity index (χ1n) is 8.68. The molecule has 0 aliphatic carbocycles. The van der Waals surface area contributed by atoms with Crippen LogP contribution in [0.15, 0.2) is 24.3 Å². The second-order valence-corrected chi connectivity index (χ2v) is 6.53. The van der Waals surface area contributed by atoms with Crippen molar-refractivity contribution in [3.8, 4) is 5.75 Å². The maximum absolute atomic E-state index is 12.6. The van der Waals surface area contributed by atoms with Crippen molar-refractivity contribution >= 4 is 23.9 Å². The molecule has 2 atom stereocenters. The first-order chi connectivity index (χ1) is 13.1. The summed E-state index contributed by atoms with van der Waals surface area (Å²) in [5, 5.41) is 34.6. The van der Waals surface area contributed by atoms with E-state index in [2.05, 4.69) is 16.0 Å². The minimum absolute atomic E-state index is 0.0369. The van der Waals surface area contributed by atoms with Crippen LogP contribution in [0.25, 0.3) is 0 Å². The third-order valence-electron chi connectivity index (χ3n) is 3.68. The number of urea groups is 1. The van der Waals surface area contributed by atoms with E-state index < -0.39 is 42.4 Å². The molecule has 0 heterocycles. The van der Waals surface area contributed by atoms with Crippen molar-refractivity contribution < 1.29 is 34.5 Å². The van der Waals surface area contributed by atoms with Crippen LogP contribution in [0.3, 0.4) is 0 Å². The molecular formula is C18H25N3O7. The van der Waals surface area contributed by atoms with Crippen LogP contribution in [0.2, 0.25) is 0 Å². The van der Waals surface area contributed by atoms with Gasteiger partial charge in [-0.2, -0.15) is 0 Å².